The molecule has 2 N–H and O–H groups in total. The van der Waals surface area contributed by atoms with Crippen LogP contribution < -0.4 is 10.6 Å². The summed E-state index contributed by atoms with van der Waals surface area (Å²) in [5.41, 5.74) is 7.25. The fourth-order valence-corrected chi connectivity index (χ4v) is 2.21. The van der Waals surface area contributed by atoms with Crippen molar-refractivity contribution in [1.82, 2.24) is 0 Å². The lowest BCUT2D eigenvalue weighted by Gasteiger charge is -2.23. The Hall–Kier alpha value is -2.07. The highest BCUT2D eigenvalue weighted by molar-refractivity contribution is 6.34. The third kappa shape index (κ3) is 2.75. The van der Waals surface area contributed by atoms with E-state index in [2.05, 4.69) is 0 Å². The van der Waals surface area contributed by atoms with Crippen molar-refractivity contribution in [2.75, 3.05) is 17.2 Å². The minimum absolute atomic E-state index is 0.0861. The standard InChI is InChI=1S/C15H14ClFN2O/c1-2-19(14-6-4-3-5-13(14)18)15(20)11-8-7-10(17)9-12(11)16/h3-9H,2,18H2,1H3. The van der Waals surface area contributed by atoms with Crippen LogP contribution in [-0.4, -0.2) is 12.5 Å². The molecule has 0 fully saturated rings. The summed E-state index contributed by atoms with van der Waals surface area (Å²) in [5, 5.41) is 0.0861. The lowest BCUT2D eigenvalue weighted by Crippen LogP contribution is -2.31. The van der Waals surface area contributed by atoms with Crippen molar-refractivity contribution in [3.63, 3.8) is 0 Å². The van der Waals surface area contributed by atoms with Gasteiger partial charge >= 0.3 is 0 Å². The molecule has 0 radical (unpaired) electrons. The van der Waals surface area contributed by atoms with E-state index in [1.165, 1.54) is 17.0 Å². The number of hydrogen-bond donors (Lipinski definition) is 1. The molecule has 20 heavy (non-hydrogen) atoms. The van der Waals surface area contributed by atoms with Crippen molar-refractivity contribution in [2.24, 2.45) is 0 Å². The lowest BCUT2D eigenvalue weighted by molar-refractivity contribution is 0.0988. The van der Waals surface area contributed by atoms with Crippen LogP contribution in [0.15, 0.2) is 42.5 Å². The molecule has 0 bridgehead atoms. The number of carbonyl (C=O) groups is 1. The lowest BCUT2D eigenvalue weighted by atomic mass is 10.1. The van der Waals surface area contributed by atoms with Crippen LogP contribution in [0.3, 0.4) is 0 Å². The molecule has 1 amide bonds. The smallest absolute Gasteiger partial charge is 0.259 e. The van der Waals surface area contributed by atoms with E-state index in [9.17, 15) is 9.18 Å². The molecule has 0 saturated carbocycles. The zero-order valence-electron chi connectivity index (χ0n) is 10.9. The highest BCUT2D eigenvalue weighted by Gasteiger charge is 2.20. The number of rotatable bonds is 3. The van der Waals surface area contributed by atoms with Gasteiger partial charge in [-0.2, -0.15) is 0 Å². The molecule has 5 heteroatoms. The van der Waals surface area contributed by atoms with Gasteiger partial charge in [-0.3, -0.25) is 4.79 Å². The summed E-state index contributed by atoms with van der Waals surface area (Å²) in [6.45, 7) is 2.27. The van der Waals surface area contributed by atoms with Crippen LogP contribution in [0.4, 0.5) is 15.8 Å². The van der Waals surface area contributed by atoms with Gasteiger partial charge in [0, 0.05) is 6.54 Å². The molecule has 0 aliphatic carbocycles. The molecule has 0 heterocycles. The number of nitrogens with zero attached hydrogens (tertiary/aromatic N) is 1. The van der Waals surface area contributed by atoms with Gasteiger partial charge in [0.15, 0.2) is 0 Å². The molecule has 0 atom stereocenters. The Labute approximate surface area is 121 Å². The summed E-state index contributed by atoms with van der Waals surface area (Å²) >= 11 is 5.93. The van der Waals surface area contributed by atoms with E-state index < -0.39 is 5.82 Å². The quantitative estimate of drug-likeness (QED) is 0.876. The van der Waals surface area contributed by atoms with Crippen molar-refractivity contribution in [3.05, 3.63) is 58.9 Å². The number of amides is 1. The predicted octanol–water partition coefficient (Wildman–Crippen LogP) is 3.73. The first-order valence-electron chi connectivity index (χ1n) is 6.16. The second kappa shape index (κ2) is 5.92. The number of hydrogen-bond acceptors (Lipinski definition) is 2. The Morgan fingerprint density at radius 2 is 2.00 bits per heavy atom. The van der Waals surface area contributed by atoms with Crippen LogP contribution in [0.25, 0.3) is 0 Å². The minimum Gasteiger partial charge on any atom is -0.397 e. The molecular formula is C15H14ClFN2O. The number of para-hydroxylation sites is 2. The molecule has 0 saturated heterocycles. The molecule has 0 aliphatic heterocycles. The van der Waals surface area contributed by atoms with Gasteiger partial charge in [-0.15, -0.1) is 0 Å². The van der Waals surface area contributed by atoms with Crippen molar-refractivity contribution >= 4 is 28.9 Å². The van der Waals surface area contributed by atoms with Gasteiger partial charge in [-0.25, -0.2) is 4.39 Å². The number of carbonyl (C=O) groups excluding carboxylic acids is 1. The monoisotopic (exact) mass is 292 g/mol. The number of benzene rings is 2. The second-order valence-corrected chi connectivity index (χ2v) is 4.64. The van der Waals surface area contributed by atoms with Gasteiger partial charge in [0.2, 0.25) is 0 Å². The number of nitrogen functional groups attached to an aromatic ring is 1. The van der Waals surface area contributed by atoms with Crippen LogP contribution in [0, 0.1) is 5.82 Å². The van der Waals surface area contributed by atoms with Gasteiger partial charge in [0.25, 0.3) is 5.91 Å². The molecule has 104 valence electrons. The van der Waals surface area contributed by atoms with Crippen LogP contribution in [-0.2, 0) is 0 Å². The van der Waals surface area contributed by atoms with Crippen molar-refractivity contribution in [1.29, 1.82) is 0 Å². The summed E-state index contributed by atoms with van der Waals surface area (Å²) in [7, 11) is 0. The number of nitrogens with two attached hydrogens (primary N) is 1. The van der Waals surface area contributed by atoms with E-state index in [-0.39, 0.29) is 16.5 Å². The normalized spacial score (nSPS) is 10.3. The molecule has 0 aliphatic rings. The zero-order valence-corrected chi connectivity index (χ0v) is 11.7. The molecule has 2 rings (SSSR count). The average Bonchev–Trinajstić information content (AvgIpc) is 2.41. The number of halogens is 2. The van der Waals surface area contributed by atoms with Gasteiger partial charge in [0.1, 0.15) is 5.82 Å². The summed E-state index contributed by atoms with van der Waals surface area (Å²) in [6.07, 6.45) is 0. The highest BCUT2D eigenvalue weighted by Crippen LogP contribution is 2.26. The molecule has 3 nitrogen and oxygen atoms in total. The maximum absolute atomic E-state index is 13.1. The fourth-order valence-electron chi connectivity index (χ4n) is 1.97. The SMILES string of the molecule is CCN(C(=O)c1ccc(F)cc1Cl)c1ccccc1N. The molecular weight excluding hydrogens is 279 g/mol. The van der Waals surface area contributed by atoms with Gasteiger partial charge in [-0.05, 0) is 37.3 Å². The Bertz CT molecular complexity index is 646. The minimum atomic E-state index is -0.478. The Morgan fingerprint density at radius 3 is 2.60 bits per heavy atom. The Morgan fingerprint density at radius 1 is 1.30 bits per heavy atom. The summed E-state index contributed by atoms with van der Waals surface area (Å²) in [4.78, 5) is 14.0. The van der Waals surface area contributed by atoms with E-state index in [4.69, 9.17) is 17.3 Å². The van der Waals surface area contributed by atoms with Crippen LogP contribution in [0.5, 0.6) is 0 Å². The third-order valence-electron chi connectivity index (χ3n) is 2.95. The Balaban J connectivity index is 2.42. The third-order valence-corrected chi connectivity index (χ3v) is 3.26. The predicted molar refractivity (Wildman–Crippen MR) is 79.6 cm³/mol. The molecule has 0 spiro atoms. The van der Waals surface area contributed by atoms with Crippen LogP contribution in [0.2, 0.25) is 5.02 Å². The van der Waals surface area contributed by atoms with E-state index in [0.29, 0.717) is 17.9 Å². The first-order valence-corrected chi connectivity index (χ1v) is 6.53. The topological polar surface area (TPSA) is 46.3 Å². The molecule has 2 aromatic carbocycles. The second-order valence-electron chi connectivity index (χ2n) is 4.23. The van der Waals surface area contributed by atoms with Crippen molar-refractivity contribution in [3.8, 4) is 0 Å². The van der Waals surface area contributed by atoms with E-state index in [1.54, 1.807) is 24.3 Å². The number of anilines is 2. The fraction of sp³-hybridized carbons (Fsp3) is 0.133. The van der Waals surface area contributed by atoms with E-state index >= 15 is 0 Å². The average molecular weight is 293 g/mol. The van der Waals surface area contributed by atoms with Crippen LogP contribution in [0.1, 0.15) is 17.3 Å². The largest absolute Gasteiger partial charge is 0.397 e. The summed E-state index contributed by atoms with van der Waals surface area (Å²) < 4.78 is 13.1. The van der Waals surface area contributed by atoms with Crippen molar-refractivity contribution in [2.45, 2.75) is 6.92 Å². The zero-order chi connectivity index (χ0) is 14.7. The maximum Gasteiger partial charge on any atom is 0.259 e. The van der Waals surface area contributed by atoms with E-state index in [1.807, 2.05) is 6.92 Å². The molecule has 2 aromatic rings. The molecule has 0 aromatic heterocycles. The van der Waals surface area contributed by atoms with Gasteiger partial charge in [-0.1, -0.05) is 23.7 Å². The Kier molecular flexibility index (Phi) is 4.25. The highest BCUT2D eigenvalue weighted by atomic mass is 35.5. The molecule has 0 unspecified atom stereocenters. The van der Waals surface area contributed by atoms with Crippen LogP contribution >= 0.6 is 11.6 Å². The van der Waals surface area contributed by atoms with Gasteiger partial charge in [0.05, 0.1) is 22.0 Å². The maximum atomic E-state index is 13.1. The van der Waals surface area contributed by atoms with E-state index in [0.717, 1.165) is 6.07 Å². The first-order chi connectivity index (χ1) is 9.54. The summed E-state index contributed by atoms with van der Waals surface area (Å²) in [5.74, 6) is -0.788. The summed E-state index contributed by atoms with van der Waals surface area (Å²) in [6, 6.07) is 10.8. The van der Waals surface area contributed by atoms with Crippen molar-refractivity contribution < 1.29 is 9.18 Å². The first kappa shape index (κ1) is 14.3. The van der Waals surface area contributed by atoms with Gasteiger partial charge < -0.3 is 10.6 Å².